The summed E-state index contributed by atoms with van der Waals surface area (Å²) in [5.41, 5.74) is -1.13. The van der Waals surface area contributed by atoms with Gasteiger partial charge < -0.3 is 30.2 Å². The minimum atomic E-state index is -2.56. The van der Waals surface area contributed by atoms with Crippen LogP contribution in [-0.4, -0.2) is 88.6 Å². The van der Waals surface area contributed by atoms with Crippen LogP contribution in [0.2, 0.25) is 0 Å². The number of Topliss-reactive ketones (excluding diaryl/α,β-unsaturated/α-hetero) is 3. The molecule has 0 amide bonds. The Morgan fingerprint density at radius 2 is 1.76 bits per heavy atom. The van der Waals surface area contributed by atoms with Crippen LogP contribution in [0.4, 0.5) is 5.69 Å². The number of aliphatic hydroxyl groups is 3. The molecule has 2 fully saturated rings. The molecule has 4 rings (SSSR count). The van der Waals surface area contributed by atoms with Crippen molar-refractivity contribution in [3.05, 3.63) is 28.8 Å². The molecule has 2 unspecified atom stereocenters. The highest BCUT2D eigenvalue weighted by molar-refractivity contribution is 6.25. The number of benzene rings is 1. The third-order valence-corrected chi connectivity index (χ3v) is 7.56. The van der Waals surface area contributed by atoms with E-state index in [1.54, 1.807) is 25.1 Å². The second-order valence-corrected chi connectivity index (χ2v) is 9.85. The molecule has 0 spiro atoms. The molecule has 0 aromatic heterocycles. The molecule has 3 aliphatic rings. The lowest BCUT2D eigenvalue weighted by atomic mass is 9.54. The molecule has 6 atom stereocenters. The number of ketones is 3. The van der Waals surface area contributed by atoms with E-state index in [9.17, 15) is 34.8 Å². The van der Waals surface area contributed by atoms with Crippen LogP contribution >= 0.6 is 0 Å². The molecule has 0 saturated heterocycles. The molecule has 0 bridgehead atoms. The number of rotatable bonds is 3. The van der Waals surface area contributed by atoms with E-state index in [4.69, 9.17) is 0 Å². The molecular weight excluding hydrogens is 428 g/mol. The van der Waals surface area contributed by atoms with E-state index in [1.165, 1.54) is 6.07 Å². The minimum absolute atomic E-state index is 0.110. The van der Waals surface area contributed by atoms with Crippen LogP contribution in [0.25, 0.3) is 5.76 Å². The Morgan fingerprint density at radius 1 is 1.12 bits per heavy atom. The average molecular weight is 459 g/mol. The van der Waals surface area contributed by atoms with Crippen molar-refractivity contribution >= 4 is 28.8 Å². The topological polar surface area (TPSA) is 139 Å². The number of carbonyl (C=O) groups excluding carboxylic acids is 3. The van der Waals surface area contributed by atoms with E-state index in [-0.39, 0.29) is 23.3 Å². The number of hydrogen-bond donors (Lipinski definition) is 4. The van der Waals surface area contributed by atoms with Crippen LogP contribution in [0.3, 0.4) is 0 Å². The summed E-state index contributed by atoms with van der Waals surface area (Å²) in [5.74, 6) is -6.36. The maximum Gasteiger partial charge on any atom is 0.202 e. The van der Waals surface area contributed by atoms with Gasteiger partial charge in [-0.1, -0.05) is 0 Å². The maximum atomic E-state index is 13.7. The zero-order chi connectivity index (χ0) is 24.6. The van der Waals surface area contributed by atoms with Gasteiger partial charge in [0.15, 0.2) is 11.4 Å². The van der Waals surface area contributed by atoms with Crippen LogP contribution in [0.5, 0.6) is 5.75 Å². The van der Waals surface area contributed by atoms with Crippen molar-refractivity contribution < 1.29 is 34.8 Å². The summed E-state index contributed by atoms with van der Waals surface area (Å²) in [5, 5.41) is 44.2. The van der Waals surface area contributed by atoms with Gasteiger partial charge in [-0.2, -0.15) is 0 Å². The minimum Gasteiger partial charge on any atom is -0.507 e. The fourth-order valence-electron chi connectivity index (χ4n) is 6.13. The summed E-state index contributed by atoms with van der Waals surface area (Å²) in [7, 11) is 6.97. The molecule has 178 valence electrons. The highest BCUT2D eigenvalue weighted by atomic mass is 16.3. The average Bonchev–Trinajstić information content (AvgIpc) is 2.70. The number of nitrogens with zero attached hydrogens (tertiary/aromatic N) is 2. The first-order valence-electron chi connectivity index (χ1n) is 11.0. The van der Waals surface area contributed by atoms with E-state index in [1.807, 2.05) is 19.0 Å². The fourth-order valence-corrected chi connectivity index (χ4v) is 6.13. The molecule has 1 aromatic carbocycles. The Bertz CT molecular complexity index is 1090. The summed E-state index contributed by atoms with van der Waals surface area (Å²) < 4.78 is 0. The summed E-state index contributed by atoms with van der Waals surface area (Å²) in [4.78, 5) is 42.8. The first-order chi connectivity index (χ1) is 15.3. The van der Waals surface area contributed by atoms with Crippen molar-refractivity contribution in [1.82, 2.24) is 4.90 Å². The summed E-state index contributed by atoms with van der Waals surface area (Å²) in [6.45, 7) is 1.15. The molecule has 0 radical (unpaired) electrons. The summed E-state index contributed by atoms with van der Waals surface area (Å²) in [6.07, 6.45) is -0.936. The molecule has 3 aliphatic carbocycles. The van der Waals surface area contributed by atoms with Gasteiger partial charge >= 0.3 is 0 Å². The standard InChI is InChI=1S/C24H30N2O7/c1-10(27)16-21(30)19(26(4)5)13-9-11-8-12-14(25(2)3)6-7-15(28)18(12)20(29)17(11)23(32)24(13,33)22(16)31/h6-7,11,13,16,19,21,28-30,33H,8-9H2,1-5H3/t11-,13-,16?,19-,21?,24+/m0/s1. The van der Waals surface area contributed by atoms with E-state index < -0.39 is 58.6 Å². The van der Waals surface area contributed by atoms with Gasteiger partial charge in [0.05, 0.1) is 11.7 Å². The fraction of sp³-hybridized carbons (Fsp3) is 0.542. The Labute approximate surface area is 191 Å². The lowest BCUT2D eigenvalue weighted by molar-refractivity contribution is -0.184. The Kier molecular flexibility index (Phi) is 5.42. The first-order valence-corrected chi connectivity index (χ1v) is 11.0. The van der Waals surface area contributed by atoms with Crippen LogP contribution in [0.1, 0.15) is 24.5 Å². The van der Waals surface area contributed by atoms with E-state index in [2.05, 4.69) is 0 Å². The summed E-state index contributed by atoms with van der Waals surface area (Å²) in [6, 6.07) is 2.32. The van der Waals surface area contributed by atoms with Crippen molar-refractivity contribution in [3.8, 4) is 5.75 Å². The summed E-state index contributed by atoms with van der Waals surface area (Å²) >= 11 is 0. The number of hydrogen-bond acceptors (Lipinski definition) is 9. The van der Waals surface area contributed by atoms with Crippen molar-refractivity contribution in [1.29, 1.82) is 0 Å². The Hall–Kier alpha value is -2.75. The number of aliphatic hydroxyl groups excluding tert-OH is 2. The van der Waals surface area contributed by atoms with Gasteiger partial charge in [0.25, 0.3) is 0 Å². The third kappa shape index (κ3) is 3.06. The molecule has 1 aromatic rings. The van der Waals surface area contributed by atoms with Gasteiger partial charge in [0, 0.05) is 37.3 Å². The van der Waals surface area contributed by atoms with Crippen molar-refractivity contribution in [2.75, 3.05) is 33.1 Å². The highest BCUT2D eigenvalue weighted by Crippen LogP contribution is 2.53. The quantitative estimate of drug-likeness (QED) is 0.471. The van der Waals surface area contributed by atoms with E-state index in [0.29, 0.717) is 12.0 Å². The number of aromatic hydroxyl groups is 1. The van der Waals surface area contributed by atoms with E-state index in [0.717, 1.165) is 12.6 Å². The molecule has 9 nitrogen and oxygen atoms in total. The number of likely N-dealkylation sites (N-methyl/N-ethyl adjacent to an activating group) is 1. The van der Waals surface area contributed by atoms with Crippen LogP contribution in [0, 0.1) is 17.8 Å². The first kappa shape index (κ1) is 23.4. The number of carbonyl (C=O) groups is 3. The molecule has 0 aliphatic heterocycles. The second-order valence-electron chi connectivity index (χ2n) is 9.85. The van der Waals surface area contributed by atoms with Crippen LogP contribution < -0.4 is 4.90 Å². The van der Waals surface area contributed by atoms with Gasteiger partial charge in [0.1, 0.15) is 23.2 Å². The van der Waals surface area contributed by atoms with Crippen LogP contribution in [-0.2, 0) is 20.8 Å². The van der Waals surface area contributed by atoms with Gasteiger partial charge in [-0.25, -0.2) is 0 Å². The molecule has 33 heavy (non-hydrogen) atoms. The van der Waals surface area contributed by atoms with Crippen molar-refractivity contribution in [3.63, 3.8) is 0 Å². The number of fused-ring (bicyclic) bond motifs is 3. The molecule has 4 N–H and O–H groups in total. The number of anilines is 1. The van der Waals surface area contributed by atoms with Gasteiger partial charge in [0.2, 0.25) is 5.78 Å². The van der Waals surface area contributed by atoms with Gasteiger partial charge in [-0.3, -0.25) is 14.4 Å². The maximum absolute atomic E-state index is 13.7. The smallest absolute Gasteiger partial charge is 0.202 e. The normalized spacial score (nSPS) is 33.5. The van der Waals surface area contributed by atoms with E-state index >= 15 is 0 Å². The molecule has 0 heterocycles. The number of phenols is 1. The monoisotopic (exact) mass is 458 g/mol. The largest absolute Gasteiger partial charge is 0.507 e. The second kappa shape index (κ2) is 7.65. The van der Waals surface area contributed by atoms with Gasteiger partial charge in [-0.05, 0) is 57.5 Å². The molecule has 9 heteroatoms. The Balaban J connectivity index is 1.94. The zero-order valence-corrected chi connectivity index (χ0v) is 19.4. The highest BCUT2D eigenvalue weighted by Gasteiger charge is 2.67. The lowest BCUT2D eigenvalue weighted by Crippen LogP contribution is -2.72. The third-order valence-electron chi connectivity index (χ3n) is 7.56. The predicted molar refractivity (Wildman–Crippen MR) is 120 cm³/mol. The molecule has 2 saturated carbocycles. The van der Waals surface area contributed by atoms with Crippen molar-refractivity contribution in [2.24, 2.45) is 17.8 Å². The Morgan fingerprint density at radius 3 is 2.30 bits per heavy atom. The lowest BCUT2D eigenvalue weighted by Gasteiger charge is -2.53. The zero-order valence-electron chi connectivity index (χ0n) is 19.4. The number of phenolic OH excluding ortho intramolecular Hbond substituents is 1. The van der Waals surface area contributed by atoms with Crippen molar-refractivity contribution in [2.45, 2.75) is 37.5 Å². The predicted octanol–water partition coefficient (Wildman–Crippen LogP) is 0.299. The van der Waals surface area contributed by atoms with Crippen LogP contribution in [0.15, 0.2) is 17.7 Å². The molecular formula is C24H30N2O7. The van der Waals surface area contributed by atoms with Gasteiger partial charge in [-0.15, -0.1) is 0 Å². The SMILES string of the molecule is CC(=O)C1C(=O)[C@@]2(O)C(=O)C3=C(O)c4c(O)ccc(N(C)C)c4C[C@H]3C[C@H]2[C@H](N(C)C)C1O.